The number of thiazole rings is 1. The largest absolute Gasteiger partial charge is 0.487 e. The highest BCUT2D eigenvalue weighted by molar-refractivity contribution is 7.09. The second kappa shape index (κ2) is 9.23. The maximum Gasteiger partial charge on any atom is 0.244 e. The fourth-order valence-corrected chi connectivity index (χ4v) is 2.85. The van der Waals surface area contributed by atoms with Gasteiger partial charge in [0.2, 0.25) is 5.91 Å². The summed E-state index contributed by atoms with van der Waals surface area (Å²) in [5.41, 5.74) is 1.87. The highest BCUT2D eigenvalue weighted by atomic mass is 32.1. The zero-order valence-electron chi connectivity index (χ0n) is 14.4. The molecule has 2 aromatic rings. The molecule has 2 rings (SSSR count). The van der Waals surface area contributed by atoms with Crippen LogP contribution in [0.2, 0.25) is 0 Å². The number of ether oxygens (including phenoxy) is 1. The van der Waals surface area contributed by atoms with E-state index in [1.807, 2.05) is 36.6 Å². The van der Waals surface area contributed by atoms with Crippen molar-refractivity contribution in [3.8, 4) is 5.75 Å². The molecule has 1 amide bonds. The molecule has 1 N–H and O–H groups in total. The summed E-state index contributed by atoms with van der Waals surface area (Å²) in [4.78, 5) is 16.3. The van der Waals surface area contributed by atoms with Crippen LogP contribution in [-0.4, -0.2) is 16.9 Å². The molecule has 0 radical (unpaired) electrons. The van der Waals surface area contributed by atoms with Gasteiger partial charge in [-0.25, -0.2) is 4.98 Å². The maximum atomic E-state index is 11.9. The molecular formula is C19H24N2O2S. The van der Waals surface area contributed by atoms with Gasteiger partial charge >= 0.3 is 0 Å². The standard InChI is InChI=1S/C19H24N2O2S/c1-4-16(5-2)21-19(22)10-9-15-7-6-8-18(11-15)23-12-17-13-24-14(3)20-17/h6-11,13,16H,4-5,12H2,1-3H3,(H,21,22)/b10-9+. The van der Waals surface area contributed by atoms with Gasteiger partial charge in [-0.2, -0.15) is 0 Å². The molecule has 24 heavy (non-hydrogen) atoms. The van der Waals surface area contributed by atoms with E-state index in [4.69, 9.17) is 4.74 Å². The molecule has 0 bridgehead atoms. The lowest BCUT2D eigenvalue weighted by Gasteiger charge is -2.12. The molecule has 128 valence electrons. The van der Waals surface area contributed by atoms with Crippen molar-refractivity contribution < 1.29 is 9.53 Å². The summed E-state index contributed by atoms with van der Waals surface area (Å²) in [6, 6.07) is 7.92. The van der Waals surface area contributed by atoms with Gasteiger partial charge < -0.3 is 10.1 Å². The molecule has 0 aliphatic carbocycles. The first-order valence-corrected chi connectivity index (χ1v) is 9.11. The Hall–Kier alpha value is -2.14. The molecule has 1 aromatic heterocycles. The highest BCUT2D eigenvalue weighted by Gasteiger charge is 2.05. The predicted molar refractivity (Wildman–Crippen MR) is 99.2 cm³/mol. The van der Waals surface area contributed by atoms with Crippen LogP contribution in [0.3, 0.4) is 0 Å². The average Bonchev–Trinajstić information content (AvgIpc) is 3.02. The van der Waals surface area contributed by atoms with Crippen molar-refractivity contribution in [1.29, 1.82) is 0 Å². The molecular weight excluding hydrogens is 320 g/mol. The summed E-state index contributed by atoms with van der Waals surface area (Å²) in [5.74, 6) is 0.705. The van der Waals surface area contributed by atoms with Crippen molar-refractivity contribution in [3.05, 3.63) is 52.0 Å². The number of aryl methyl sites for hydroxylation is 1. The van der Waals surface area contributed by atoms with Crippen LogP contribution in [0.15, 0.2) is 35.7 Å². The first-order valence-electron chi connectivity index (χ1n) is 8.23. The van der Waals surface area contributed by atoms with E-state index in [0.29, 0.717) is 6.61 Å². The Labute approximate surface area is 147 Å². The third-order valence-corrected chi connectivity index (χ3v) is 4.49. The van der Waals surface area contributed by atoms with Gasteiger partial charge in [-0.3, -0.25) is 4.79 Å². The van der Waals surface area contributed by atoms with E-state index in [0.717, 1.165) is 34.9 Å². The number of carbonyl (C=O) groups excluding carboxylic acids is 1. The lowest BCUT2D eigenvalue weighted by molar-refractivity contribution is -0.117. The quantitative estimate of drug-likeness (QED) is 0.724. The summed E-state index contributed by atoms with van der Waals surface area (Å²) in [5, 5.41) is 6.02. The zero-order valence-corrected chi connectivity index (χ0v) is 15.2. The van der Waals surface area contributed by atoms with Gasteiger partial charge in [-0.15, -0.1) is 11.3 Å². The van der Waals surface area contributed by atoms with Crippen molar-refractivity contribution >= 4 is 23.3 Å². The van der Waals surface area contributed by atoms with Crippen molar-refractivity contribution in [2.75, 3.05) is 0 Å². The second-order valence-electron chi connectivity index (χ2n) is 5.57. The minimum atomic E-state index is -0.0621. The first-order chi connectivity index (χ1) is 11.6. The lowest BCUT2D eigenvalue weighted by Crippen LogP contribution is -2.32. The van der Waals surface area contributed by atoms with Gasteiger partial charge in [0.05, 0.1) is 10.7 Å². The van der Waals surface area contributed by atoms with E-state index >= 15 is 0 Å². The van der Waals surface area contributed by atoms with Gasteiger partial charge in [0.15, 0.2) is 0 Å². The van der Waals surface area contributed by atoms with Crippen LogP contribution in [0.4, 0.5) is 0 Å². The van der Waals surface area contributed by atoms with Crippen molar-refractivity contribution in [2.24, 2.45) is 0 Å². The maximum absolute atomic E-state index is 11.9. The molecule has 5 heteroatoms. The van der Waals surface area contributed by atoms with Gasteiger partial charge in [0.1, 0.15) is 12.4 Å². The number of benzene rings is 1. The normalized spacial score (nSPS) is 11.2. The van der Waals surface area contributed by atoms with Crippen molar-refractivity contribution in [1.82, 2.24) is 10.3 Å². The number of carbonyl (C=O) groups is 1. The van der Waals surface area contributed by atoms with Crippen LogP contribution in [0.5, 0.6) is 5.75 Å². The monoisotopic (exact) mass is 344 g/mol. The molecule has 1 aromatic carbocycles. The fraction of sp³-hybridized carbons (Fsp3) is 0.368. The third-order valence-electron chi connectivity index (χ3n) is 3.67. The Morgan fingerprint density at radius 2 is 2.17 bits per heavy atom. The second-order valence-corrected chi connectivity index (χ2v) is 6.64. The number of aromatic nitrogens is 1. The van der Waals surface area contributed by atoms with E-state index in [1.165, 1.54) is 0 Å². The number of hydrogen-bond donors (Lipinski definition) is 1. The molecule has 4 nitrogen and oxygen atoms in total. The van der Waals surface area contributed by atoms with Crippen LogP contribution < -0.4 is 10.1 Å². The fourth-order valence-electron chi connectivity index (χ4n) is 2.25. The minimum absolute atomic E-state index is 0.0621. The average molecular weight is 344 g/mol. The zero-order chi connectivity index (χ0) is 17.4. The number of nitrogens with zero attached hydrogens (tertiary/aromatic N) is 1. The molecule has 0 fully saturated rings. The van der Waals surface area contributed by atoms with Gasteiger partial charge in [-0.05, 0) is 43.5 Å². The summed E-state index contributed by atoms with van der Waals surface area (Å²) < 4.78 is 5.76. The number of rotatable bonds is 8. The Morgan fingerprint density at radius 3 is 2.83 bits per heavy atom. The first kappa shape index (κ1) is 18.2. The molecule has 0 unspecified atom stereocenters. The van der Waals surface area contributed by atoms with E-state index < -0.39 is 0 Å². The van der Waals surface area contributed by atoms with Crippen molar-refractivity contribution in [3.63, 3.8) is 0 Å². The van der Waals surface area contributed by atoms with Crippen LogP contribution >= 0.6 is 11.3 Å². The summed E-state index contributed by atoms with van der Waals surface area (Å²) in [6.07, 6.45) is 5.25. The SMILES string of the molecule is CCC(CC)NC(=O)/C=C/c1cccc(OCc2csc(C)n2)c1. The molecule has 0 aliphatic heterocycles. The Balaban J connectivity index is 1.92. The highest BCUT2D eigenvalue weighted by Crippen LogP contribution is 2.17. The molecule has 0 saturated carbocycles. The molecule has 0 spiro atoms. The third kappa shape index (κ3) is 5.81. The molecule has 0 aliphatic rings. The minimum Gasteiger partial charge on any atom is -0.487 e. The van der Waals surface area contributed by atoms with Crippen LogP contribution in [0, 0.1) is 6.92 Å². The van der Waals surface area contributed by atoms with Gasteiger partial charge in [0, 0.05) is 17.5 Å². The topological polar surface area (TPSA) is 51.2 Å². The summed E-state index contributed by atoms with van der Waals surface area (Å²) in [6.45, 7) is 6.57. The Bertz CT molecular complexity index is 690. The smallest absolute Gasteiger partial charge is 0.244 e. The summed E-state index contributed by atoms with van der Waals surface area (Å²) in [7, 11) is 0. The van der Waals surface area contributed by atoms with E-state index in [1.54, 1.807) is 23.5 Å². The predicted octanol–water partition coefficient (Wildman–Crippen LogP) is 4.35. The Kier molecular flexibility index (Phi) is 7.00. The molecule has 0 atom stereocenters. The number of nitrogens with one attached hydrogen (secondary N) is 1. The van der Waals surface area contributed by atoms with Crippen LogP contribution in [-0.2, 0) is 11.4 Å². The number of amides is 1. The van der Waals surface area contributed by atoms with E-state index in [2.05, 4.69) is 24.1 Å². The summed E-state index contributed by atoms with van der Waals surface area (Å²) >= 11 is 1.62. The van der Waals surface area contributed by atoms with Crippen molar-refractivity contribution in [2.45, 2.75) is 46.3 Å². The van der Waals surface area contributed by atoms with Crippen LogP contribution in [0.25, 0.3) is 6.08 Å². The lowest BCUT2D eigenvalue weighted by atomic mass is 10.1. The Morgan fingerprint density at radius 1 is 1.38 bits per heavy atom. The van der Waals surface area contributed by atoms with Gasteiger partial charge in [0.25, 0.3) is 0 Å². The van der Waals surface area contributed by atoms with E-state index in [9.17, 15) is 4.79 Å². The number of hydrogen-bond acceptors (Lipinski definition) is 4. The van der Waals surface area contributed by atoms with E-state index in [-0.39, 0.29) is 11.9 Å². The molecule has 1 heterocycles. The van der Waals surface area contributed by atoms with Gasteiger partial charge in [-0.1, -0.05) is 26.0 Å². The van der Waals surface area contributed by atoms with Crippen LogP contribution in [0.1, 0.15) is 43.0 Å². The molecule has 0 saturated heterocycles.